The molecule has 3 rings (SSSR count). The number of carboxylic acid groups (broad SMARTS) is 1. The Morgan fingerprint density at radius 2 is 2.29 bits per heavy atom. The highest BCUT2D eigenvalue weighted by atomic mass is 35.5. The molecule has 1 aliphatic heterocycles. The van der Waals surface area contributed by atoms with Crippen molar-refractivity contribution in [3.8, 4) is 5.75 Å². The number of aromatic nitrogens is 2. The molecule has 132 valence electrons. The number of nitrogens with one attached hydrogen (secondary N) is 1. The number of nitrogens with zero attached hydrogens (tertiary/aromatic N) is 3. The van der Waals surface area contributed by atoms with Gasteiger partial charge >= 0.3 is 6.09 Å². The zero-order valence-electron chi connectivity index (χ0n) is 13.9. The lowest BCUT2D eigenvalue weighted by Crippen LogP contribution is -2.52. The van der Waals surface area contributed by atoms with Gasteiger partial charge in [0.1, 0.15) is 11.6 Å². The maximum absolute atomic E-state index is 11.0. The first kappa shape index (κ1) is 18.4. The van der Waals surface area contributed by atoms with Crippen molar-refractivity contribution in [2.75, 3.05) is 26.2 Å². The van der Waals surface area contributed by atoms with Crippen LogP contribution in [0.5, 0.6) is 5.75 Å². The minimum Gasteiger partial charge on any atom is -0.493 e. The highest BCUT2D eigenvalue weighted by Gasteiger charge is 2.22. The number of hydrogen-bond donors (Lipinski definition) is 2. The smallest absolute Gasteiger partial charge is 0.407 e. The number of hydrogen-bond acceptors (Lipinski definition) is 4. The molecule has 24 heavy (non-hydrogen) atoms. The number of ether oxygens (including phenoxy) is 1. The second-order valence-corrected chi connectivity index (χ2v) is 5.89. The minimum atomic E-state index is -0.853. The van der Waals surface area contributed by atoms with Crippen LogP contribution >= 0.6 is 12.4 Å². The standard InChI is InChI=1S/C16H22N4O3.ClH/c1-11-18-14-9-13(3-4-15(14)19(11)2)23-8-5-12-10-20(16(21)22)7-6-17-12;/h3-4,9,12,17H,5-8,10H2,1-2H3,(H,21,22);1H/t12-;/m1./s1. The molecule has 2 N–H and O–H groups in total. The molecule has 8 heteroatoms. The van der Waals surface area contributed by atoms with Crippen LogP contribution in [-0.2, 0) is 7.05 Å². The molecule has 1 aromatic heterocycles. The van der Waals surface area contributed by atoms with Crippen LogP contribution in [0.2, 0.25) is 0 Å². The van der Waals surface area contributed by atoms with E-state index in [1.54, 1.807) is 0 Å². The number of benzene rings is 1. The number of carbonyl (C=O) groups is 1. The van der Waals surface area contributed by atoms with Crippen LogP contribution in [0.15, 0.2) is 18.2 Å². The van der Waals surface area contributed by atoms with Gasteiger partial charge in [0.2, 0.25) is 0 Å². The Balaban J connectivity index is 0.00000208. The number of imidazole rings is 1. The first-order valence-electron chi connectivity index (χ1n) is 7.81. The third kappa shape index (κ3) is 3.91. The lowest BCUT2D eigenvalue weighted by molar-refractivity contribution is 0.124. The number of piperazine rings is 1. The predicted octanol–water partition coefficient (Wildman–Crippen LogP) is 2.02. The molecule has 1 aliphatic rings. The summed E-state index contributed by atoms with van der Waals surface area (Å²) in [6.07, 6.45) is -0.0864. The predicted molar refractivity (Wildman–Crippen MR) is 94.2 cm³/mol. The van der Waals surface area contributed by atoms with Crippen molar-refractivity contribution >= 4 is 29.5 Å². The van der Waals surface area contributed by atoms with Crippen LogP contribution in [0.3, 0.4) is 0 Å². The first-order valence-corrected chi connectivity index (χ1v) is 7.81. The number of fused-ring (bicyclic) bond motifs is 1. The van der Waals surface area contributed by atoms with Gasteiger partial charge in [-0.1, -0.05) is 0 Å². The lowest BCUT2D eigenvalue weighted by Gasteiger charge is -2.31. The van der Waals surface area contributed by atoms with Gasteiger partial charge in [-0.2, -0.15) is 0 Å². The van der Waals surface area contributed by atoms with Gasteiger partial charge in [-0.15, -0.1) is 12.4 Å². The Kier molecular flexibility index (Phi) is 5.90. The van der Waals surface area contributed by atoms with Gasteiger partial charge in [-0.3, -0.25) is 0 Å². The summed E-state index contributed by atoms with van der Waals surface area (Å²) < 4.78 is 7.85. The van der Waals surface area contributed by atoms with Crippen molar-refractivity contribution in [3.05, 3.63) is 24.0 Å². The van der Waals surface area contributed by atoms with E-state index in [-0.39, 0.29) is 18.4 Å². The Morgan fingerprint density at radius 3 is 3.04 bits per heavy atom. The van der Waals surface area contributed by atoms with Crippen molar-refractivity contribution in [3.63, 3.8) is 0 Å². The molecule has 0 spiro atoms. The highest BCUT2D eigenvalue weighted by molar-refractivity contribution is 5.85. The average molecular weight is 355 g/mol. The first-order chi connectivity index (χ1) is 11.0. The SMILES string of the molecule is Cc1nc2cc(OCC[C@@H]3CN(C(=O)O)CCN3)ccc2n1C.Cl. The van der Waals surface area contributed by atoms with E-state index in [1.165, 1.54) is 4.90 Å². The fourth-order valence-electron chi connectivity index (χ4n) is 2.90. The largest absolute Gasteiger partial charge is 0.493 e. The topological polar surface area (TPSA) is 79.6 Å². The monoisotopic (exact) mass is 354 g/mol. The fourth-order valence-corrected chi connectivity index (χ4v) is 2.90. The van der Waals surface area contributed by atoms with Crippen molar-refractivity contribution in [1.29, 1.82) is 0 Å². The van der Waals surface area contributed by atoms with Gasteiger partial charge in [0.25, 0.3) is 0 Å². The third-order valence-electron chi connectivity index (χ3n) is 4.34. The summed E-state index contributed by atoms with van der Waals surface area (Å²) in [5, 5.41) is 12.4. The number of aryl methyl sites for hydroxylation is 2. The van der Waals surface area contributed by atoms with Crippen LogP contribution in [0.4, 0.5) is 4.79 Å². The molecular weight excluding hydrogens is 332 g/mol. The van der Waals surface area contributed by atoms with Crippen LogP contribution in [0.1, 0.15) is 12.2 Å². The highest BCUT2D eigenvalue weighted by Crippen LogP contribution is 2.21. The van der Waals surface area contributed by atoms with Crippen LogP contribution in [0.25, 0.3) is 11.0 Å². The van der Waals surface area contributed by atoms with E-state index in [4.69, 9.17) is 9.84 Å². The molecule has 0 unspecified atom stereocenters. The summed E-state index contributed by atoms with van der Waals surface area (Å²) in [6, 6.07) is 6.04. The fraction of sp³-hybridized carbons (Fsp3) is 0.500. The van der Waals surface area contributed by atoms with Crippen LogP contribution in [-0.4, -0.2) is 57.9 Å². The molecule has 1 atom stereocenters. The van der Waals surface area contributed by atoms with Gasteiger partial charge in [-0.05, 0) is 25.5 Å². The number of halogens is 1. The Bertz CT molecular complexity index is 719. The zero-order chi connectivity index (χ0) is 16.4. The Hall–Kier alpha value is -1.99. The minimum absolute atomic E-state index is 0. The molecule has 2 heterocycles. The van der Waals surface area contributed by atoms with Gasteiger partial charge in [0.15, 0.2) is 0 Å². The molecule has 2 aromatic rings. The molecule has 0 radical (unpaired) electrons. The van der Waals surface area contributed by atoms with E-state index in [0.717, 1.165) is 29.0 Å². The summed E-state index contributed by atoms with van der Waals surface area (Å²) in [7, 11) is 1.99. The normalized spacial score (nSPS) is 17.6. The Labute approximate surface area is 147 Å². The van der Waals surface area contributed by atoms with Gasteiger partial charge in [-0.25, -0.2) is 9.78 Å². The van der Waals surface area contributed by atoms with E-state index in [1.807, 2.05) is 36.7 Å². The van der Waals surface area contributed by atoms with Crippen molar-refractivity contribution in [2.45, 2.75) is 19.4 Å². The van der Waals surface area contributed by atoms with Crippen LogP contribution < -0.4 is 10.1 Å². The quantitative estimate of drug-likeness (QED) is 0.878. The zero-order valence-corrected chi connectivity index (χ0v) is 14.7. The van der Waals surface area contributed by atoms with Gasteiger partial charge in [0.05, 0.1) is 17.6 Å². The van der Waals surface area contributed by atoms with E-state index in [0.29, 0.717) is 26.2 Å². The van der Waals surface area contributed by atoms with Crippen molar-refractivity contribution in [2.24, 2.45) is 7.05 Å². The van der Waals surface area contributed by atoms with Crippen molar-refractivity contribution < 1.29 is 14.6 Å². The molecule has 1 saturated heterocycles. The third-order valence-corrected chi connectivity index (χ3v) is 4.34. The molecule has 0 bridgehead atoms. The maximum atomic E-state index is 11.0. The summed E-state index contributed by atoms with van der Waals surface area (Å²) in [5.74, 6) is 1.76. The molecule has 1 fully saturated rings. The van der Waals surface area contributed by atoms with Crippen LogP contribution in [0, 0.1) is 6.92 Å². The molecule has 1 amide bonds. The molecule has 1 aromatic carbocycles. The van der Waals surface area contributed by atoms with Gasteiger partial charge in [0, 0.05) is 38.8 Å². The summed E-state index contributed by atoms with van der Waals surface area (Å²) >= 11 is 0. The average Bonchev–Trinajstić information content (AvgIpc) is 2.82. The summed E-state index contributed by atoms with van der Waals surface area (Å²) in [4.78, 5) is 17.0. The molecule has 0 saturated carbocycles. The van der Waals surface area contributed by atoms with Crippen molar-refractivity contribution in [1.82, 2.24) is 19.8 Å². The molecule has 0 aliphatic carbocycles. The van der Waals surface area contributed by atoms with E-state index >= 15 is 0 Å². The van der Waals surface area contributed by atoms with E-state index in [9.17, 15) is 4.79 Å². The lowest BCUT2D eigenvalue weighted by atomic mass is 10.1. The summed E-state index contributed by atoms with van der Waals surface area (Å²) in [6.45, 7) is 4.27. The summed E-state index contributed by atoms with van der Waals surface area (Å²) in [5.41, 5.74) is 2.01. The molecule has 7 nitrogen and oxygen atoms in total. The van der Waals surface area contributed by atoms with E-state index in [2.05, 4.69) is 10.3 Å². The Morgan fingerprint density at radius 1 is 1.50 bits per heavy atom. The van der Waals surface area contributed by atoms with Gasteiger partial charge < -0.3 is 24.6 Å². The van der Waals surface area contributed by atoms with E-state index < -0.39 is 6.09 Å². The molecular formula is C16H23ClN4O3. The maximum Gasteiger partial charge on any atom is 0.407 e. The number of rotatable bonds is 4. The second-order valence-electron chi connectivity index (χ2n) is 5.89. The number of amides is 1. The second kappa shape index (κ2) is 7.72.